The molecule has 2 rings (SSSR count). The number of esters is 2. The van der Waals surface area contributed by atoms with E-state index < -0.39 is 5.97 Å². The largest absolute Gasteiger partial charge is 0.469 e. The maximum Gasteiger partial charge on any atom is 0.355 e. The van der Waals surface area contributed by atoms with Gasteiger partial charge in [-0.2, -0.15) is 0 Å². The highest BCUT2D eigenvalue weighted by Gasteiger charge is 2.19. The molecule has 0 amide bonds. The second-order valence-corrected chi connectivity index (χ2v) is 4.70. The van der Waals surface area contributed by atoms with Crippen molar-refractivity contribution in [3.63, 3.8) is 0 Å². The monoisotopic (exact) mass is 303 g/mol. The molecule has 0 unspecified atom stereocenters. The van der Waals surface area contributed by atoms with Crippen molar-refractivity contribution in [1.82, 2.24) is 4.98 Å². The van der Waals surface area contributed by atoms with Crippen molar-refractivity contribution in [2.45, 2.75) is 19.8 Å². The second kappa shape index (κ2) is 6.89. The van der Waals surface area contributed by atoms with Crippen LogP contribution in [0, 0.1) is 0 Å². The third kappa shape index (κ3) is 3.16. The standard InChI is InChI=1S/C16H17NO5/c1-3-22-16(20)15-11(5-7-14(19)21-2)12-8-10(9-18)4-6-13(12)17-15/h4,6,8-9,17H,3,5,7H2,1-2H3. The summed E-state index contributed by atoms with van der Waals surface area (Å²) in [6.07, 6.45) is 1.20. The van der Waals surface area contributed by atoms with E-state index in [-0.39, 0.29) is 19.0 Å². The van der Waals surface area contributed by atoms with Gasteiger partial charge in [0.05, 0.1) is 13.7 Å². The topological polar surface area (TPSA) is 85.5 Å². The van der Waals surface area contributed by atoms with E-state index in [4.69, 9.17) is 4.74 Å². The normalized spacial score (nSPS) is 10.5. The average molecular weight is 303 g/mol. The molecule has 6 heteroatoms. The molecule has 0 aliphatic heterocycles. The van der Waals surface area contributed by atoms with Crippen LogP contribution in [0.15, 0.2) is 18.2 Å². The number of aromatic nitrogens is 1. The molecular weight excluding hydrogens is 286 g/mol. The lowest BCUT2D eigenvalue weighted by Crippen LogP contribution is -2.09. The number of ether oxygens (including phenoxy) is 2. The minimum atomic E-state index is -0.480. The number of rotatable bonds is 6. The first-order chi connectivity index (χ1) is 10.6. The summed E-state index contributed by atoms with van der Waals surface area (Å²) in [5.41, 5.74) is 2.18. The summed E-state index contributed by atoms with van der Waals surface area (Å²) in [4.78, 5) is 37.4. The summed E-state index contributed by atoms with van der Waals surface area (Å²) < 4.78 is 9.66. The molecule has 0 atom stereocenters. The molecule has 1 aromatic carbocycles. The number of H-pyrrole nitrogens is 1. The van der Waals surface area contributed by atoms with Crippen LogP contribution in [0.4, 0.5) is 0 Å². The van der Waals surface area contributed by atoms with Crippen LogP contribution in [0.5, 0.6) is 0 Å². The van der Waals surface area contributed by atoms with Gasteiger partial charge in [0.1, 0.15) is 12.0 Å². The number of aldehydes is 1. The van der Waals surface area contributed by atoms with E-state index in [0.717, 1.165) is 11.7 Å². The molecule has 22 heavy (non-hydrogen) atoms. The third-order valence-corrected chi connectivity index (χ3v) is 3.35. The fourth-order valence-electron chi connectivity index (χ4n) is 2.30. The number of aryl methyl sites for hydroxylation is 1. The van der Waals surface area contributed by atoms with Crippen LogP contribution >= 0.6 is 0 Å². The van der Waals surface area contributed by atoms with Gasteiger partial charge in [-0.3, -0.25) is 9.59 Å². The number of methoxy groups -OCH3 is 1. The van der Waals surface area contributed by atoms with Gasteiger partial charge in [0.15, 0.2) is 0 Å². The van der Waals surface area contributed by atoms with Crippen molar-refractivity contribution in [2.75, 3.05) is 13.7 Å². The van der Waals surface area contributed by atoms with Crippen LogP contribution in [0.1, 0.15) is 39.8 Å². The predicted molar refractivity (Wildman–Crippen MR) is 80.0 cm³/mol. The predicted octanol–water partition coefficient (Wildman–Crippen LogP) is 2.26. The van der Waals surface area contributed by atoms with Crippen LogP contribution in [-0.4, -0.2) is 36.9 Å². The van der Waals surface area contributed by atoms with E-state index in [2.05, 4.69) is 9.72 Å². The number of fused-ring (bicyclic) bond motifs is 1. The number of hydrogen-bond acceptors (Lipinski definition) is 5. The minimum absolute atomic E-state index is 0.140. The Bertz CT molecular complexity index is 717. The van der Waals surface area contributed by atoms with Gasteiger partial charge in [0.2, 0.25) is 0 Å². The maximum atomic E-state index is 12.1. The van der Waals surface area contributed by atoms with E-state index in [1.165, 1.54) is 7.11 Å². The summed E-state index contributed by atoms with van der Waals surface area (Å²) in [6.45, 7) is 1.98. The average Bonchev–Trinajstić information content (AvgIpc) is 2.90. The highest BCUT2D eigenvalue weighted by molar-refractivity contribution is 6.00. The van der Waals surface area contributed by atoms with Crippen LogP contribution in [0.25, 0.3) is 10.9 Å². The van der Waals surface area contributed by atoms with Crippen molar-refractivity contribution in [2.24, 2.45) is 0 Å². The van der Waals surface area contributed by atoms with Crippen molar-refractivity contribution in [3.05, 3.63) is 35.0 Å². The van der Waals surface area contributed by atoms with Gasteiger partial charge in [-0.1, -0.05) is 0 Å². The number of hydrogen-bond donors (Lipinski definition) is 1. The highest BCUT2D eigenvalue weighted by atomic mass is 16.5. The molecule has 6 nitrogen and oxygen atoms in total. The molecular formula is C16H17NO5. The maximum absolute atomic E-state index is 12.1. The Balaban J connectivity index is 2.49. The van der Waals surface area contributed by atoms with E-state index in [1.54, 1.807) is 25.1 Å². The molecule has 0 fully saturated rings. The van der Waals surface area contributed by atoms with Gasteiger partial charge in [-0.25, -0.2) is 4.79 Å². The molecule has 116 valence electrons. The molecule has 1 aromatic heterocycles. The molecule has 2 aromatic rings. The Morgan fingerprint density at radius 2 is 2.09 bits per heavy atom. The molecule has 0 saturated carbocycles. The van der Waals surface area contributed by atoms with Crippen LogP contribution in [-0.2, 0) is 20.7 Å². The summed E-state index contributed by atoms with van der Waals surface area (Å²) in [6, 6.07) is 5.07. The number of benzene rings is 1. The second-order valence-electron chi connectivity index (χ2n) is 4.70. The van der Waals surface area contributed by atoms with E-state index in [1.807, 2.05) is 0 Å². The fraction of sp³-hybridized carbons (Fsp3) is 0.312. The van der Waals surface area contributed by atoms with Crippen LogP contribution in [0.3, 0.4) is 0 Å². The molecule has 0 aliphatic carbocycles. The van der Waals surface area contributed by atoms with Gasteiger partial charge >= 0.3 is 11.9 Å². The molecule has 0 bridgehead atoms. The van der Waals surface area contributed by atoms with Crippen molar-refractivity contribution < 1.29 is 23.9 Å². The lowest BCUT2D eigenvalue weighted by molar-refractivity contribution is -0.140. The minimum Gasteiger partial charge on any atom is -0.469 e. The van der Waals surface area contributed by atoms with E-state index in [9.17, 15) is 14.4 Å². The van der Waals surface area contributed by atoms with Crippen LogP contribution in [0.2, 0.25) is 0 Å². The zero-order valence-corrected chi connectivity index (χ0v) is 12.5. The first kappa shape index (κ1) is 15.8. The summed E-state index contributed by atoms with van der Waals surface area (Å²) in [5.74, 6) is -0.845. The van der Waals surface area contributed by atoms with Gasteiger partial charge in [-0.15, -0.1) is 0 Å². The van der Waals surface area contributed by atoms with E-state index in [0.29, 0.717) is 28.8 Å². The number of aromatic amines is 1. The lowest BCUT2D eigenvalue weighted by atomic mass is 10.0. The lowest BCUT2D eigenvalue weighted by Gasteiger charge is -2.04. The quantitative estimate of drug-likeness (QED) is 0.653. The van der Waals surface area contributed by atoms with Gasteiger partial charge in [0, 0.05) is 22.9 Å². The van der Waals surface area contributed by atoms with E-state index >= 15 is 0 Å². The summed E-state index contributed by atoms with van der Waals surface area (Å²) in [7, 11) is 1.31. The zero-order valence-electron chi connectivity index (χ0n) is 12.5. The van der Waals surface area contributed by atoms with Gasteiger partial charge < -0.3 is 14.5 Å². The van der Waals surface area contributed by atoms with Crippen molar-refractivity contribution in [1.29, 1.82) is 0 Å². The third-order valence-electron chi connectivity index (χ3n) is 3.35. The molecule has 0 saturated heterocycles. The molecule has 1 heterocycles. The van der Waals surface area contributed by atoms with Gasteiger partial charge in [0.25, 0.3) is 0 Å². The Labute approximate surface area is 127 Å². The number of carbonyl (C=O) groups excluding carboxylic acids is 3. The first-order valence-electron chi connectivity index (χ1n) is 6.94. The SMILES string of the molecule is CCOC(=O)c1[nH]c2ccc(C=O)cc2c1CCC(=O)OC. The molecule has 1 N–H and O–H groups in total. The van der Waals surface area contributed by atoms with Crippen LogP contribution < -0.4 is 0 Å². The summed E-state index contributed by atoms with van der Waals surface area (Å²) in [5, 5.41) is 0.733. The molecule has 0 aliphatic rings. The molecule has 0 spiro atoms. The number of carbonyl (C=O) groups is 3. The Kier molecular flexibility index (Phi) is 4.93. The van der Waals surface area contributed by atoms with Crippen molar-refractivity contribution in [3.8, 4) is 0 Å². The first-order valence-corrected chi connectivity index (χ1v) is 6.94. The number of nitrogens with one attached hydrogen (secondary N) is 1. The van der Waals surface area contributed by atoms with Crippen molar-refractivity contribution >= 4 is 29.1 Å². The Hall–Kier alpha value is -2.63. The Morgan fingerprint density at radius 3 is 2.73 bits per heavy atom. The highest BCUT2D eigenvalue weighted by Crippen LogP contribution is 2.25. The smallest absolute Gasteiger partial charge is 0.355 e. The fourth-order valence-corrected chi connectivity index (χ4v) is 2.30. The van der Waals surface area contributed by atoms with Gasteiger partial charge in [-0.05, 0) is 37.1 Å². The molecule has 0 radical (unpaired) electrons. The summed E-state index contributed by atoms with van der Waals surface area (Å²) >= 11 is 0. The zero-order chi connectivity index (χ0) is 16.1. The Morgan fingerprint density at radius 1 is 1.32 bits per heavy atom.